The van der Waals surface area contributed by atoms with Gasteiger partial charge in [-0.25, -0.2) is 8.42 Å². The minimum atomic E-state index is -3.83. The molecule has 4 rings (SSSR count). The number of carbonyl (C=O) groups is 2. The Morgan fingerprint density at radius 3 is 2.20 bits per heavy atom. The summed E-state index contributed by atoms with van der Waals surface area (Å²) < 4.78 is 32.8. The molecule has 2 saturated heterocycles. The molecule has 2 aliphatic heterocycles. The fraction of sp³-hybridized carbons (Fsp3) is 0.462. The highest BCUT2D eigenvalue weighted by Crippen LogP contribution is 2.31. The van der Waals surface area contributed by atoms with Crippen molar-refractivity contribution in [1.29, 1.82) is 0 Å². The molecule has 0 radical (unpaired) electrons. The molecule has 0 aliphatic carbocycles. The zero-order valence-electron chi connectivity index (χ0n) is 20.4. The van der Waals surface area contributed by atoms with Crippen LogP contribution < -0.4 is 9.04 Å². The molecule has 2 amide bonds. The molecule has 35 heavy (non-hydrogen) atoms. The lowest BCUT2D eigenvalue weighted by Gasteiger charge is -2.32. The van der Waals surface area contributed by atoms with Crippen LogP contribution in [-0.4, -0.2) is 70.4 Å². The van der Waals surface area contributed by atoms with Crippen molar-refractivity contribution in [2.75, 3.05) is 44.6 Å². The van der Waals surface area contributed by atoms with Crippen molar-refractivity contribution in [3.63, 3.8) is 0 Å². The number of nitrogens with zero attached hydrogens (tertiary/aromatic N) is 3. The van der Waals surface area contributed by atoms with E-state index in [1.807, 2.05) is 4.90 Å². The first-order chi connectivity index (χ1) is 16.8. The number of para-hydroxylation sites is 2. The number of benzene rings is 2. The van der Waals surface area contributed by atoms with Gasteiger partial charge in [-0.1, -0.05) is 12.1 Å². The van der Waals surface area contributed by atoms with Crippen molar-refractivity contribution in [3.05, 3.63) is 54.1 Å². The normalized spacial score (nSPS) is 16.9. The molecular weight excluding hydrogens is 466 g/mol. The fourth-order valence-electron chi connectivity index (χ4n) is 4.81. The molecule has 9 heteroatoms. The predicted octanol–water partition coefficient (Wildman–Crippen LogP) is 3.39. The SMILES string of the molecule is COc1ccccc1N(C)S(=O)(=O)c1ccc(C(=O)N2CCC(CC(=O)N3CCCC3)CC2)cc1. The topological polar surface area (TPSA) is 87.2 Å². The first-order valence-corrected chi connectivity index (χ1v) is 13.5. The number of likely N-dealkylation sites (tertiary alicyclic amines) is 2. The van der Waals surface area contributed by atoms with Crippen molar-refractivity contribution in [2.24, 2.45) is 5.92 Å². The maximum atomic E-state index is 13.1. The van der Waals surface area contributed by atoms with Crippen LogP contribution in [0.3, 0.4) is 0 Å². The van der Waals surface area contributed by atoms with Gasteiger partial charge in [0.1, 0.15) is 5.75 Å². The summed E-state index contributed by atoms with van der Waals surface area (Å²) >= 11 is 0. The highest BCUT2D eigenvalue weighted by molar-refractivity contribution is 7.92. The third kappa shape index (κ3) is 5.45. The maximum absolute atomic E-state index is 13.1. The van der Waals surface area contributed by atoms with Gasteiger partial charge < -0.3 is 14.5 Å². The van der Waals surface area contributed by atoms with E-state index in [1.54, 1.807) is 41.3 Å². The van der Waals surface area contributed by atoms with E-state index in [0.29, 0.717) is 42.4 Å². The third-order valence-corrected chi connectivity index (χ3v) is 8.79. The van der Waals surface area contributed by atoms with Crippen molar-refractivity contribution in [2.45, 2.75) is 37.0 Å². The Morgan fingerprint density at radius 2 is 1.57 bits per heavy atom. The van der Waals surface area contributed by atoms with Gasteiger partial charge in [-0.2, -0.15) is 0 Å². The summed E-state index contributed by atoms with van der Waals surface area (Å²) in [7, 11) is -0.854. The van der Waals surface area contributed by atoms with Crippen molar-refractivity contribution in [1.82, 2.24) is 9.80 Å². The second-order valence-corrected chi connectivity index (χ2v) is 11.2. The van der Waals surface area contributed by atoms with Gasteiger partial charge in [0, 0.05) is 45.2 Å². The molecule has 0 unspecified atom stereocenters. The number of carbonyl (C=O) groups excluding carboxylic acids is 2. The first-order valence-electron chi connectivity index (χ1n) is 12.1. The van der Waals surface area contributed by atoms with Crippen LogP contribution in [0, 0.1) is 5.92 Å². The minimum absolute atomic E-state index is 0.0987. The molecule has 2 heterocycles. The number of piperidine rings is 1. The molecule has 0 aromatic heterocycles. The van der Waals surface area contributed by atoms with Crippen LogP contribution in [0.4, 0.5) is 5.69 Å². The van der Waals surface area contributed by atoms with Gasteiger partial charge in [0.15, 0.2) is 0 Å². The average Bonchev–Trinajstić information content (AvgIpc) is 3.44. The van der Waals surface area contributed by atoms with E-state index in [0.717, 1.165) is 38.8 Å². The monoisotopic (exact) mass is 499 g/mol. The molecule has 2 aromatic carbocycles. The van der Waals surface area contributed by atoms with Gasteiger partial charge in [-0.15, -0.1) is 0 Å². The average molecular weight is 500 g/mol. The third-order valence-electron chi connectivity index (χ3n) is 7.01. The summed E-state index contributed by atoms with van der Waals surface area (Å²) in [5.41, 5.74) is 0.886. The highest BCUT2D eigenvalue weighted by atomic mass is 32.2. The van der Waals surface area contributed by atoms with E-state index in [-0.39, 0.29) is 16.7 Å². The number of anilines is 1. The van der Waals surface area contributed by atoms with E-state index in [1.165, 1.54) is 30.6 Å². The van der Waals surface area contributed by atoms with E-state index >= 15 is 0 Å². The van der Waals surface area contributed by atoms with Gasteiger partial charge in [0.25, 0.3) is 15.9 Å². The predicted molar refractivity (Wildman–Crippen MR) is 134 cm³/mol. The first kappa shape index (κ1) is 25.0. The Morgan fingerprint density at radius 1 is 0.943 bits per heavy atom. The minimum Gasteiger partial charge on any atom is -0.495 e. The van der Waals surface area contributed by atoms with Gasteiger partial charge in [0.2, 0.25) is 5.91 Å². The van der Waals surface area contributed by atoms with Gasteiger partial charge in [0.05, 0.1) is 17.7 Å². The molecule has 0 spiro atoms. The zero-order valence-corrected chi connectivity index (χ0v) is 21.2. The Bertz CT molecular complexity index is 1150. The number of amides is 2. The molecular formula is C26H33N3O5S. The van der Waals surface area contributed by atoms with Crippen molar-refractivity contribution < 1.29 is 22.7 Å². The summed E-state index contributed by atoms with van der Waals surface area (Å²) in [6.45, 7) is 2.95. The van der Waals surface area contributed by atoms with Crippen LogP contribution in [-0.2, 0) is 14.8 Å². The zero-order chi connectivity index (χ0) is 25.0. The molecule has 0 N–H and O–H groups in total. The summed E-state index contributed by atoms with van der Waals surface area (Å²) in [6.07, 6.45) is 4.36. The van der Waals surface area contributed by atoms with Crippen LogP contribution in [0.1, 0.15) is 42.5 Å². The maximum Gasteiger partial charge on any atom is 0.264 e. The van der Waals surface area contributed by atoms with Gasteiger partial charge >= 0.3 is 0 Å². The number of sulfonamides is 1. The van der Waals surface area contributed by atoms with Gasteiger partial charge in [-0.05, 0) is 68.0 Å². The molecule has 8 nitrogen and oxygen atoms in total. The Kier molecular flexibility index (Phi) is 7.64. The lowest BCUT2D eigenvalue weighted by molar-refractivity contribution is -0.131. The van der Waals surface area contributed by atoms with Gasteiger partial charge in [-0.3, -0.25) is 13.9 Å². The highest BCUT2D eigenvalue weighted by Gasteiger charge is 2.28. The summed E-state index contributed by atoms with van der Waals surface area (Å²) in [5, 5.41) is 0. The summed E-state index contributed by atoms with van der Waals surface area (Å²) in [6, 6.07) is 13.0. The molecule has 2 aromatic rings. The van der Waals surface area contributed by atoms with E-state index in [9.17, 15) is 18.0 Å². The summed E-state index contributed by atoms with van der Waals surface area (Å²) in [5.74, 6) is 0.889. The quantitative estimate of drug-likeness (QED) is 0.583. The standard InChI is InChI=1S/C26H33N3O5S/c1-27(23-7-3-4-8-24(23)34-2)35(32,33)22-11-9-21(10-12-22)26(31)29-17-13-20(14-18-29)19-25(30)28-15-5-6-16-28/h3-4,7-12,20H,5-6,13-19H2,1-2H3. The molecule has 0 bridgehead atoms. The molecule has 2 aliphatic rings. The van der Waals surface area contributed by atoms with E-state index in [4.69, 9.17) is 4.74 Å². The van der Waals surface area contributed by atoms with Crippen molar-refractivity contribution >= 4 is 27.5 Å². The Balaban J connectivity index is 1.37. The van der Waals surface area contributed by atoms with Crippen LogP contribution in [0.2, 0.25) is 0 Å². The number of rotatable bonds is 7. The van der Waals surface area contributed by atoms with Crippen LogP contribution in [0.25, 0.3) is 0 Å². The molecule has 0 atom stereocenters. The molecule has 188 valence electrons. The molecule has 2 fully saturated rings. The Hall–Kier alpha value is -3.07. The lowest BCUT2D eigenvalue weighted by Crippen LogP contribution is -2.40. The van der Waals surface area contributed by atoms with E-state index < -0.39 is 10.0 Å². The summed E-state index contributed by atoms with van der Waals surface area (Å²) in [4.78, 5) is 29.3. The van der Waals surface area contributed by atoms with Crippen LogP contribution >= 0.6 is 0 Å². The van der Waals surface area contributed by atoms with Crippen LogP contribution in [0.15, 0.2) is 53.4 Å². The second kappa shape index (κ2) is 10.7. The smallest absolute Gasteiger partial charge is 0.264 e. The Labute approximate surface area is 207 Å². The molecule has 0 saturated carbocycles. The van der Waals surface area contributed by atoms with Crippen molar-refractivity contribution in [3.8, 4) is 5.75 Å². The largest absolute Gasteiger partial charge is 0.495 e. The number of hydrogen-bond donors (Lipinski definition) is 0. The fourth-order valence-corrected chi connectivity index (χ4v) is 6.02. The van der Waals surface area contributed by atoms with Crippen LogP contribution in [0.5, 0.6) is 5.75 Å². The lowest BCUT2D eigenvalue weighted by atomic mass is 9.92. The second-order valence-electron chi connectivity index (χ2n) is 9.20. The number of ether oxygens (including phenoxy) is 1. The number of methoxy groups -OCH3 is 1. The number of hydrogen-bond acceptors (Lipinski definition) is 5. The van der Waals surface area contributed by atoms with E-state index in [2.05, 4.69) is 0 Å².